The number of aliphatic hydroxyl groups is 1. The maximum absolute atomic E-state index is 13.2. The van der Waals surface area contributed by atoms with E-state index < -0.39 is 30.5 Å². The Bertz CT molecular complexity index is 366. The maximum Gasteiger partial charge on any atom is 0.387 e. The fourth-order valence-electron chi connectivity index (χ4n) is 1.27. The number of benzene rings is 1. The number of aliphatic hydroxyl groups excluding tert-OH is 1. The first kappa shape index (κ1) is 12.8. The average Bonchev–Trinajstić information content (AvgIpc) is 2.20. The summed E-state index contributed by atoms with van der Waals surface area (Å²) in [6, 6.07) is 3.60. The largest absolute Gasteiger partial charge is 0.434 e. The van der Waals surface area contributed by atoms with Crippen molar-refractivity contribution < 1.29 is 27.4 Å². The van der Waals surface area contributed by atoms with Crippen molar-refractivity contribution in [1.29, 1.82) is 0 Å². The van der Waals surface area contributed by atoms with Crippen LogP contribution in [-0.4, -0.2) is 18.3 Å². The molecule has 1 aromatic rings. The standard InChI is InChI=1S/C10H10F4O2/c1-6-3-2-4-7(10(13,14)5-15)8(6)16-9(11)12/h2-4,9,15H,5H2,1H3. The highest BCUT2D eigenvalue weighted by Gasteiger charge is 2.35. The van der Waals surface area contributed by atoms with Gasteiger partial charge in [0.15, 0.2) is 0 Å². The van der Waals surface area contributed by atoms with E-state index in [4.69, 9.17) is 5.11 Å². The summed E-state index contributed by atoms with van der Waals surface area (Å²) in [6.45, 7) is -3.28. The third-order valence-corrected chi connectivity index (χ3v) is 2.01. The Morgan fingerprint density at radius 2 is 2.00 bits per heavy atom. The molecule has 0 aliphatic rings. The van der Waals surface area contributed by atoms with Crippen LogP contribution in [0.15, 0.2) is 18.2 Å². The molecule has 0 radical (unpaired) electrons. The Morgan fingerprint density at radius 1 is 1.38 bits per heavy atom. The molecule has 0 bridgehead atoms. The summed E-state index contributed by atoms with van der Waals surface area (Å²) < 4.78 is 54.5. The first-order valence-electron chi connectivity index (χ1n) is 4.42. The molecular formula is C10H10F4O2. The van der Waals surface area contributed by atoms with Gasteiger partial charge in [-0.15, -0.1) is 0 Å². The fraction of sp³-hybridized carbons (Fsp3) is 0.400. The lowest BCUT2D eigenvalue weighted by Gasteiger charge is -2.19. The molecule has 6 heteroatoms. The molecule has 1 N–H and O–H groups in total. The van der Waals surface area contributed by atoms with Gasteiger partial charge in [0.2, 0.25) is 0 Å². The van der Waals surface area contributed by atoms with Gasteiger partial charge in [-0.25, -0.2) is 0 Å². The van der Waals surface area contributed by atoms with Crippen molar-refractivity contribution >= 4 is 0 Å². The molecule has 1 aromatic carbocycles. The van der Waals surface area contributed by atoms with Crippen molar-refractivity contribution in [2.24, 2.45) is 0 Å². The Balaban J connectivity index is 3.22. The summed E-state index contributed by atoms with van der Waals surface area (Å²) in [5.41, 5.74) is -0.582. The van der Waals surface area contributed by atoms with Crippen LogP contribution in [0.1, 0.15) is 11.1 Å². The second kappa shape index (κ2) is 4.69. The van der Waals surface area contributed by atoms with E-state index in [0.29, 0.717) is 0 Å². The van der Waals surface area contributed by atoms with E-state index in [1.54, 1.807) is 0 Å². The van der Waals surface area contributed by atoms with Crippen molar-refractivity contribution in [2.45, 2.75) is 19.5 Å². The summed E-state index contributed by atoms with van der Waals surface area (Å²) >= 11 is 0. The number of halogens is 4. The molecule has 0 atom stereocenters. The van der Waals surface area contributed by atoms with E-state index >= 15 is 0 Å². The van der Waals surface area contributed by atoms with Crippen LogP contribution < -0.4 is 4.74 Å². The lowest BCUT2D eigenvalue weighted by Crippen LogP contribution is -2.21. The van der Waals surface area contributed by atoms with Crippen LogP contribution in [0.25, 0.3) is 0 Å². The van der Waals surface area contributed by atoms with E-state index in [-0.39, 0.29) is 5.56 Å². The summed E-state index contributed by atoms with van der Waals surface area (Å²) in [5.74, 6) is -4.19. The topological polar surface area (TPSA) is 29.5 Å². The average molecular weight is 238 g/mol. The van der Waals surface area contributed by atoms with Crippen LogP contribution in [0, 0.1) is 6.92 Å². The van der Waals surface area contributed by atoms with E-state index in [1.807, 2.05) is 0 Å². The molecule has 0 heterocycles. The zero-order chi connectivity index (χ0) is 12.3. The molecule has 16 heavy (non-hydrogen) atoms. The SMILES string of the molecule is Cc1cccc(C(F)(F)CO)c1OC(F)F. The number of hydrogen-bond acceptors (Lipinski definition) is 2. The van der Waals surface area contributed by atoms with Crippen LogP contribution in [0.3, 0.4) is 0 Å². The molecule has 0 saturated heterocycles. The minimum atomic E-state index is -3.60. The lowest BCUT2D eigenvalue weighted by molar-refractivity contribution is -0.0733. The van der Waals surface area contributed by atoms with Gasteiger partial charge < -0.3 is 9.84 Å². The van der Waals surface area contributed by atoms with Gasteiger partial charge in [-0.1, -0.05) is 12.1 Å². The minimum Gasteiger partial charge on any atom is -0.434 e. The van der Waals surface area contributed by atoms with Crippen molar-refractivity contribution in [2.75, 3.05) is 6.61 Å². The smallest absolute Gasteiger partial charge is 0.387 e. The Kier molecular flexibility index (Phi) is 3.74. The van der Waals surface area contributed by atoms with Gasteiger partial charge in [0.1, 0.15) is 12.4 Å². The highest BCUT2D eigenvalue weighted by atomic mass is 19.3. The molecule has 0 aliphatic heterocycles. The molecule has 2 nitrogen and oxygen atoms in total. The Morgan fingerprint density at radius 3 is 2.50 bits per heavy atom. The van der Waals surface area contributed by atoms with Gasteiger partial charge in [-0.3, -0.25) is 0 Å². The van der Waals surface area contributed by atoms with Gasteiger partial charge >= 0.3 is 6.61 Å². The van der Waals surface area contributed by atoms with Crippen molar-refractivity contribution in [3.63, 3.8) is 0 Å². The number of aryl methyl sites for hydroxylation is 1. The second-order valence-electron chi connectivity index (χ2n) is 3.19. The molecule has 0 saturated carbocycles. The number of alkyl halides is 4. The van der Waals surface area contributed by atoms with E-state index in [2.05, 4.69) is 4.74 Å². The summed E-state index contributed by atoms with van der Waals surface area (Å²) in [4.78, 5) is 0. The molecule has 90 valence electrons. The van der Waals surface area contributed by atoms with Gasteiger partial charge in [-0.2, -0.15) is 17.6 Å². The Hall–Kier alpha value is -1.30. The third kappa shape index (κ3) is 2.63. The molecule has 1 rings (SSSR count). The van der Waals surface area contributed by atoms with Crippen LogP contribution in [-0.2, 0) is 5.92 Å². The molecule has 0 aromatic heterocycles. The first-order valence-corrected chi connectivity index (χ1v) is 4.42. The van der Waals surface area contributed by atoms with Gasteiger partial charge in [0, 0.05) is 0 Å². The van der Waals surface area contributed by atoms with Gasteiger partial charge in [0.25, 0.3) is 5.92 Å². The van der Waals surface area contributed by atoms with Crippen LogP contribution in [0.4, 0.5) is 17.6 Å². The van der Waals surface area contributed by atoms with Crippen LogP contribution in [0.2, 0.25) is 0 Å². The molecule has 0 spiro atoms. The predicted molar refractivity (Wildman–Crippen MR) is 48.8 cm³/mol. The van der Waals surface area contributed by atoms with Gasteiger partial charge in [-0.05, 0) is 18.6 Å². The maximum atomic E-state index is 13.2. The number of hydrogen-bond donors (Lipinski definition) is 1. The minimum absolute atomic E-state index is 0.158. The first-order chi connectivity index (χ1) is 7.38. The molecule has 0 aliphatic carbocycles. The van der Waals surface area contributed by atoms with Crippen molar-refractivity contribution in [3.8, 4) is 5.75 Å². The van der Waals surface area contributed by atoms with Crippen LogP contribution >= 0.6 is 0 Å². The highest BCUT2D eigenvalue weighted by Crippen LogP contribution is 2.37. The number of rotatable bonds is 4. The predicted octanol–water partition coefficient (Wildman–Crippen LogP) is 2.68. The quantitative estimate of drug-likeness (QED) is 0.817. The molecular weight excluding hydrogens is 228 g/mol. The van der Waals surface area contributed by atoms with E-state index in [1.165, 1.54) is 19.1 Å². The van der Waals surface area contributed by atoms with E-state index in [0.717, 1.165) is 6.07 Å². The number of ether oxygens (including phenoxy) is 1. The molecule has 0 amide bonds. The monoisotopic (exact) mass is 238 g/mol. The molecule has 0 fully saturated rings. The summed E-state index contributed by atoms with van der Waals surface area (Å²) in [7, 11) is 0. The normalized spacial score (nSPS) is 11.9. The highest BCUT2D eigenvalue weighted by molar-refractivity contribution is 5.43. The fourth-order valence-corrected chi connectivity index (χ4v) is 1.27. The molecule has 0 unspecified atom stereocenters. The Labute approximate surface area is 89.5 Å². The van der Waals surface area contributed by atoms with E-state index in [9.17, 15) is 17.6 Å². The summed E-state index contributed by atoms with van der Waals surface area (Å²) in [5, 5.41) is 8.50. The third-order valence-electron chi connectivity index (χ3n) is 2.01. The van der Waals surface area contributed by atoms with Gasteiger partial charge in [0.05, 0.1) is 5.56 Å². The van der Waals surface area contributed by atoms with Crippen molar-refractivity contribution in [1.82, 2.24) is 0 Å². The number of para-hydroxylation sites is 1. The van der Waals surface area contributed by atoms with Crippen LogP contribution in [0.5, 0.6) is 5.75 Å². The second-order valence-corrected chi connectivity index (χ2v) is 3.19. The summed E-state index contributed by atoms with van der Waals surface area (Å²) in [6.07, 6.45) is 0. The zero-order valence-corrected chi connectivity index (χ0v) is 8.38. The lowest BCUT2D eigenvalue weighted by atomic mass is 10.0. The van der Waals surface area contributed by atoms with Crippen molar-refractivity contribution in [3.05, 3.63) is 29.3 Å². The zero-order valence-electron chi connectivity index (χ0n) is 8.38.